The first-order valence-electron chi connectivity index (χ1n) is 6.78. The second kappa shape index (κ2) is 4.22. The van der Waals surface area contributed by atoms with Crippen molar-refractivity contribution < 1.29 is 8.42 Å². The first-order valence-corrected chi connectivity index (χ1v) is 8.49. The summed E-state index contributed by atoms with van der Waals surface area (Å²) in [5.41, 5.74) is 3.57. The molecule has 2 heterocycles. The SMILES string of the molecule is CN1/C(=C/C2C=CS(=O)(=O)C2)C(C)(C)c2ccccc21. The summed E-state index contributed by atoms with van der Waals surface area (Å²) in [5.74, 6) is 0.169. The van der Waals surface area contributed by atoms with Crippen LogP contribution in [0.3, 0.4) is 0 Å². The summed E-state index contributed by atoms with van der Waals surface area (Å²) in [4.78, 5) is 2.17. The van der Waals surface area contributed by atoms with E-state index < -0.39 is 9.84 Å². The summed E-state index contributed by atoms with van der Waals surface area (Å²) in [6, 6.07) is 8.35. The average molecular weight is 289 g/mol. The molecule has 0 bridgehead atoms. The van der Waals surface area contributed by atoms with E-state index in [0.29, 0.717) is 0 Å². The average Bonchev–Trinajstić information content (AvgIpc) is 2.82. The van der Waals surface area contributed by atoms with E-state index in [1.54, 1.807) is 6.08 Å². The Morgan fingerprint density at radius 2 is 2.00 bits per heavy atom. The van der Waals surface area contributed by atoms with E-state index in [1.165, 1.54) is 22.4 Å². The van der Waals surface area contributed by atoms with Crippen molar-refractivity contribution in [3.63, 3.8) is 0 Å². The Morgan fingerprint density at radius 3 is 2.60 bits per heavy atom. The highest BCUT2D eigenvalue weighted by molar-refractivity contribution is 7.94. The van der Waals surface area contributed by atoms with Gasteiger partial charge in [0.05, 0.1) is 5.75 Å². The molecular weight excluding hydrogens is 270 g/mol. The molecule has 2 aliphatic rings. The zero-order valence-corrected chi connectivity index (χ0v) is 12.8. The molecule has 0 saturated carbocycles. The van der Waals surface area contributed by atoms with Crippen molar-refractivity contribution in [2.45, 2.75) is 19.3 Å². The van der Waals surface area contributed by atoms with Crippen LogP contribution in [0, 0.1) is 5.92 Å². The number of hydrogen-bond donors (Lipinski definition) is 0. The molecule has 0 amide bonds. The number of nitrogens with zero attached hydrogens (tertiary/aromatic N) is 1. The van der Waals surface area contributed by atoms with Gasteiger partial charge in [0.15, 0.2) is 9.84 Å². The highest BCUT2D eigenvalue weighted by atomic mass is 32.2. The number of likely N-dealkylation sites (N-methyl/N-ethyl adjacent to an activating group) is 1. The molecule has 3 nitrogen and oxygen atoms in total. The molecule has 4 heteroatoms. The molecule has 1 aromatic rings. The molecule has 20 heavy (non-hydrogen) atoms. The Hall–Kier alpha value is -1.55. The quantitative estimate of drug-likeness (QED) is 0.798. The van der Waals surface area contributed by atoms with Gasteiger partial charge in [-0.25, -0.2) is 8.42 Å². The lowest BCUT2D eigenvalue weighted by Crippen LogP contribution is -2.24. The monoisotopic (exact) mass is 289 g/mol. The van der Waals surface area contributed by atoms with Gasteiger partial charge in [0, 0.05) is 35.2 Å². The van der Waals surface area contributed by atoms with E-state index in [1.807, 2.05) is 13.1 Å². The van der Waals surface area contributed by atoms with Gasteiger partial charge in [0.25, 0.3) is 0 Å². The molecular formula is C16H19NO2S. The van der Waals surface area contributed by atoms with Crippen LogP contribution in [0.2, 0.25) is 0 Å². The summed E-state index contributed by atoms with van der Waals surface area (Å²) in [6.07, 6.45) is 3.89. The predicted octanol–water partition coefficient (Wildman–Crippen LogP) is 2.86. The molecule has 0 aliphatic carbocycles. The maximum absolute atomic E-state index is 11.5. The molecule has 2 aliphatic heterocycles. The smallest absolute Gasteiger partial charge is 0.172 e. The molecule has 0 spiro atoms. The summed E-state index contributed by atoms with van der Waals surface area (Å²) in [5, 5.41) is 1.34. The van der Waals surface area contributed by atoms with Crippen molar-refractivity contribution in [3.8, 4) is 0 Å². The highest BCUT2D eigenvalue weighted by Gasteiger charge is 2.38. The first-order chi connectivity index (χ1) is 9.31. The Kier molecular flexibility index (Phi) is 2.83. The van der Waals surface area contributed by atoms with Gasteiger partial charge < -0.3 is 4.90 Å². The molecule has 0 saturated heterocycles. The van der Waals surface area contributed by atoms with E-state index in [4.69, 9.17) is 0 Å². The highest BCUT2D eigenvalue weighted by Crippen LogP contribution is 2.47. The zero-order valence-electron chi connectivity index (χ0n) is 12.0. The lowest BCUT2D eigenvalue weighted by atomic mass is 9.83. The number of anilines is 1. The lowest BCUT2D eigenvalue weighted by Gasteiger charge is -2.25. The minimum absolute atomic E-state index is 0.0222. The van der Waals surface area contributed by atoms with Gasteiger partial charge >= 0.3 is 0 Å². The number of para-hydroxylation sites is 1. The molecule has 0 N–H and O–H groups in total. The number of benzene rings is 1. The van der Waals surface area contributed by atoms with Gasteiger partial charge in [-0.15, -0.1) is 0 Å². The van der Waals surface area contributed by atoms with Crippen LogP contribution in [-0.4, -0.2) is 21.2 Å². The minimum atomic E-state index is -3.00. The van der Waals surface area contributed by atoms with E-state index >= 15 is 0 Å². The number of allylic oxidation sites excluding steroid dienone is 3. The lowest BCUT2D eigenvalue weighted by molar-refractivity contribution is 0.601. The molecule has 106 valence electrons. The second-order valence-electron chi connectivity index (χ2n) is 6.07. The fourth-order valence-electron chi connectivity index (χ4n) is 3.21. The summed E-state index contributed by atoms with van der Waals surface area (Å²) in [7, 11) is -0.955. The fraction of sp³-hybridized carbons (Fsp3) is 0.375. The van der Waals surface area contributed by atoms with Crippen LogP contribution >= 0.6 is 0 Å². The van der Waals surface area contributed by atoms with E-state index in [0.717, 1.165) is 0 Å². The Labute approximate surface area is 120 Å². The van der Waals surface area contributed by atoms with Gasteiger partial charge in [-0.2, -0.15) is 0 Å². The molecule has 1 aromatic carbocycles. The van der Waals surface area contributed by atoms with Gasteiger partial charge in [-0.05, 0) is 11.6 Å². The van der Waals surface area contributed by atoms with E-state index in [2.05, 4.69) is 43.0 Å². The summed E-state index contributed by atoms with van der Waals surface area (Å²) >= 11 is 0. The van der Waals surface area contributed by atoms with Crippen molar-refractivity contribution >= 4 is 15.5 Å². The van der Waals surface area contributed by atoms with Crippen LogP contribution < -0.4 is 4.90 Å². The normalized spacial score (nSPS) is 28.1. The molecule has 3 rings (SSSR count). The number of hydrogen-bond acceptors (Lipinski definition) is 3. The van der Waals surface area contributed by atoms with Gasteiger partial charge in [0.1, 0.15) is 0 Å². The Morgan fingerprint density at radius 1 is 1.30 bits per heavy atom. The number of rotatable bonds is 1. The van der Waals surface area contributed by atoms with Gasteiger partial charge in [-0.1, -0.05) is 44.2 Å². The van der Waals surface area contributed by atoms with Gasteiger partial charge in [-0.3, -0.25) is 0 Å². The first kappa shape index (κ1) is 13.4. The molecule has 0 aromatic heterocycles. The van der Waals surface area contributed by atoms with Crippen LogP contribution in [0.5, 0.6) is 0 Å². The summed E-state index contributed by atoms with van der Waals surface area (Å²) < 4.78 is 23.1. The number of fused-ring (bicyclic) bond motifs is 1. The van der Waals surface area contributed by atoms with E-state index in [-0.39, 0.29) is 17.1 Å². The van der Waals surface area contributed by atoms with Crippen LogP contribution in [0.15, 0.2) is 47.5 Å². The maximum Gasteiger partial charge on any atom is 0.172 e. The zero-order chi connectivity index (χ0) is 14.5. The largest absolute Gasteiger partial charge is 0.347 e. The van der Waals surface area contributed by atoms with Crippen LogP contribution in [0.4, 0.5) is 5.69 Å². The number of sulfone groups is 1. The topological polar surface area (TPSA) is 37.4 Å². The maximum atomic E-state index is 11.5. The molecule has 1 unspecified atom stereocenters. The molecule has 0 radical (unpaired) electrons. The standard InChI is InChI=1S/C16H19NO2S/c1-16(2)13-6-4-5-7-14(13)17(3)15(16)10-12-8-9-20(18,19)11-12/h4-10,12H,11H2,1-3H3/b15-10+. The Balaban J connectivity index is 2.03. The van der Waals surface area contributed by atoms with Crippen molar-refractivity contribution in [1.29, 1.82) is 0 Å². The van der Waals surface area contributed by atoms with Gasteiger partial charge in [0.2, 0.25) is 0 Å². The second-order valence-corrected chi connectivity index (χ2v) is 8.01. The van der Waals surface area contributed by atoms with Crippen LogP contribution in [-0.2, 0) is 15.3 Å². The molecule has 0 fully saturated rings. The fourth-order valence-corrected chi connectivity index (χ4v) is 4.50. The Bertz CT molecular complexity index is 714. The summed E-state index contributed by atoms with van der Waals surface area (Å²) in [6.45, 7) is 4.38. The van der Waals surface area contributed by atoms with Crippen molar-refractivity contribution in [2.75, 3.05) is 17.7 Å². The van der Waals surface area contributed by atoms with Crippen LogP contribution in [0.1, 0.15) is 19.4 Å². The van der Waals surface area contributed by atoms with Crippen LogP contribution in [0.25, 0.3) is 0 Å². The van der Waals surface area contributed by atoms with E-state index in [9.17, 15) is 8.42 Å². The van der Waals surface area contributed by atoms with Crippen molar-refractivity contribution in [2.24, 2.45) is 5.92 Å². The minimum Gasteiger partial charge on any atom is -0.347 e. The third kappa shape index (κ3) is 1.99. The van der Waals surface area contributed by atoms with Crippen molar-refractivity contribution in [1.82, 2.24) is 0 Å². The molecule has 1 atom stereocenters. The predicted molar refractivity (Wildman–Crippen MR) is 82.4 cm³/mol. The van der Waals surface area contributed by atoms with Crippen molar-refractivity contribution in [3.05, 3.63) is 53.1 Å². The third-order valence-corrected chi connectivity index (χ3v) is 5.69. The third-order valence-electron chi connectivity index (χ3n) is 4.27.